The average Bonchev–Trinajstić information content (AvgIpc) is 3.27. The van der Waals surface area contributed by atoms with Crippen LogP contribution in [0.4, 0.5) is 0 Å². The van der Waals surface area contributed by atoms with E-state index >= 15 is 0 Å². The fraction of sp³-hybridized carbons (Fsp3) is 0.750. The first kappa shape index (κ1) is 18.0. The molecule has 25 heavy (non-hydrogen) atoms. The van der Waals surface area contributed by atoms with Gasteiger partial charge in [-0.3, -0.25) is 0 Å². The van der Waals surface area contributed by atoms with Gasteiger partial charge in [-0.2, -0.15) is 0 Å². The maximum absolute atomic E-state index is 2.64. The molecular weight excluding hydrogens is 320 g/mol. The van der Waals surface area contributed by atoms with Gasteiger partial charge in [-0.25, -0.2) is 0 Å². The van der Waals surface area contributed by atoms with Crippen LogP contribution in [-0.4, -0.2) is 16.3 Å². The molecule has 1 heterocycles. The molecular formula is C24H37S+. The van der Waals surface area contributed by atoms with Gasteiger partial charge >= 0.3 is 0 Å². The minimum absolute atomic E-state index is 0.400. The van der Waals surface area contributed by atoms with Crippen LogP contribution >= 0.6 is 0 Å². The zero-order chi connectivity index (χ0) is 17.5. The van der Waals surface area contributed by atoms with Crippen LogP contribution in [0.15, 0.2) is 34.9 Å². The second-order valence-electron chi connectivity index (χ2n) is 9.63. The smallest absolute Gasteiger partial charge is 0.0774 e. The minimum atomic E-state index is 0.400. The SMILES string of the molecule is CC1(C2CCCCC2)C=CC(C(=C2CC2)C(C)(C)[S+]2CCCC2)=CC1. The van der Waals surface area contributed by atoms with Gasteiger partial charge in [0.2, 0.25) is 0 Å². The van der Waals surface area contributed by atoms with E-state index in [1.54, 1.807) is 16.7 Å². The Morgan fingerprint density at radius 3 is 2.28 bits per heavy atom. The Morgan fingerprint density at radius 2 is 1.72 bits per heavy atom. The molecule has 0 nitrogen and oxygen atoms in total. The molecule has 1 heteroatoms. The van der Waals surface area contributed by atoms with Gasteiger partial charge in [0.15, 0.2) is 0 Å². The van der Waals surface area contributed by atoms with Crippen LogP contribution in [0.3, 0.4) is 0 Å². The quantitative estimate of drug-likeness (QED) is 0.489. The Hall–Kier alpha value is -0.430. The van der Waals surface area contributed by atoms with E-state index in [9.17, 15) is 0 Å². The van der Waals surface area contributed by atoms with Crippen molar-refractivity contribution in [1.29, 1.82) is 0 Å². The first-order chi connectivity index (χ1) is 12.0. The van der Waals surface area contributed by atoms with Crippen molar-refractivity contribution in [2.24, 2.45) is 11.3 Å². The molecule has 1 unspecified atom stereocenters. The summed E-state index contributed by atoms with van der Waals surface area (Å²) in [5.74, 6) is 3.86. The van der Waals surface area contributed by atoms with E-state index < -0.39 is 0 Å². The summed E-state index contributed by atoms with van der Waals surface area (Å²) < 4.78 is 0.400. The lowest BCUT2D eigenvalue weighted by Gasteiger charge is -2.40. The van der Waals surface area contributed by atoms with Gasteiger partial charge in [0.05, 0.1) is 0 Å². The van der Waals surface area contributed by atoms with Gasteiger partial charge in [-0.15, -0.1) is 0 Å². The lowest BCUT2D eigenvalue weighted by Crippen LogP contribution is -2.37. The van der Waals surface area contributed by atoms with Crippen molar-refractivity contribution in [3.63, 3.8) is 0 Å². The average molecular weight is 358 g/mol. The molecule has 138 valence electrons. The molecule has 0 aromatic heterocycles. The topological polar surface area (TPSA) is 0 Å². The van der Waals surface area contributed by atoms with Gasteiger partial charge < -0.3 is 0 Å². The first-order valence-electron chi connectivity index (χ1n) is 10.8. The Bertz CT molecular complexity index is 588. The highest BCUT2D eigenvalue weighted by Gasteiger charge is 2.47. The lowest BCUT2D eigenvalue weighted by atomic mass is 9.66. The second-order valence-corrected chi connectivity index (χ2v) is 12.5. The van der Waals surface area contributed by atoms with Gasteiger partial charge in [-0.1, -0.05) is 50.0 Å². The van der Waals surface area contributed by atoms with Crippen LogP contribution in [0.2, 0.25) is 0 Å². The fourth-order valence-corrected chi connectivity index (χ4v) is 8.48. The molecule has 1 atom stereocenters. The molecule has 0 bridgehead atoms. The highest BCUT2D eigenvalue weighted by atomic mass is 32.2. The largest absolute Gasteiger partial charge is 0.148 e. The predicted octanol–water partition coefficient (Wildman–Crippen LogP) is 6.74. The van der Waals surface area contributed by atoms with Gasteiger partial charge in [-0.05, 0) is 86.6 Å². The molecule has 3 fully saturated rings. The molecule has 4 rings (SSSR count). The molecule has 1 saturated heterocycles. The van der Waals surface area contributed by atoms with E-state index in [1.807, 2.05) is 0 Å². The third kappa shape index (κ3) is 3.55. The lowest BCUT2D eigenvalue weighted by molar-refractivity contribution is 0.190. The van der Waals surface area contributed by atoms with E-state index in [2.05, 4.69) is 39.0 Å². The Morgan fingerprint density at radius 1 is 1.04 bits per heavy atom. The van der Waals surface area contributed by atoms with Gasteiger partial charge in [0.1, 0.15) is 16.3 Å². The second kappa shape index (κ2) is 6.95. The van der Waals surface area contributed by atoms with Crippen molar-refractivity contribution in [1.82, 2.24) is 0 Å². The first-order valence-corrected chi connectivity index (χ1v) is 12.4. The Balaban J connectivity index is 1.55. The monoisotopic (exact) mass is 357 g/mol. The molecule has 2 saturated carbocycles. The Labute approximate surface area is 158 Å². The highest BCUT2D eigenvalue weighted by molar-refractivity contribution is 7.98. The van der Waals surface area contributed by atoms with Crippen molar-refractivity contribution >= 4 is 10.9 Å². The summed E-state index contributed by atoms with van der Waals surface area (Å²) in [6.45, 7) is 7.65. The molecule has 0 aromatic rings. The summed E-state index contributed by atoms with van der Waals surface area (Å²) in [4.78, 5) is 0. The fourth-order valence-electron chi connectivity index (χ4n) is 5.60. The Kier molecular flexibility index (Phi) is 4.99. The minimum Gasteiger partial charge on any atom is -0.0774 e. The van der Waals surface area contributed by atoms with E-state index in [1.165, 1.54) is 75.7 Å². The standard InChI is InChI=1S/C24H37S/c1-23(2,25-17-7-8-18-25)22(19-11-12-19)20-13-15-24(3,16-14-20)21-9-5-4-6-10-21/h13-15,21H,4-12,16-18H2,1-3H3/q+1. The summed E-state index contributed by atoms with van der Waals surface area (Å²) in [6.07, 6.45) is 22.0. The van der Waals surface area contributed by atoms with Crippen molar-refractivity contribution in [2.75, 3.05) is 11.5 Å². The zero-order valence-electron chi connectivity index (χ0n) is 16.7. The van der Waals surface area contributed by atoms with Crippen molar-refractivity contribution < 1.29 is 0 Å². The van der Waals surface area contributed by atoms with E-state index in [0.29, 0.717) is 21.1 Å². The van der Waals surface area contributed by atoms with Crippen LogP contribution in [-0.2, 0) is 10.9 Å². The van der Waals surface area contributed by atoms with Crippen molar-refractivity contribution in [2.45, 2.75) is 89.7 Å². The van der Waals surface area contributed by atoms with Crippen LogP contribution in [0.1, 0.15) is 85.0 Å². The van der Waals surface area contributed by atoms with E-state index in [4.69, 9.17) is 0 Å². The third-order valence-electron chi connectivity index (χ3n) is 7.44. The van der Waals surface area contributed by atoms with Crippen LogP contribution in [0, 0.1) is 11.3 Å². The molecule has 0 N–H and O–H groups in total. The summed E-state index contributed by atoms with van der Waals surface area (Å²) in [6, 6.07) is 0. The number of rotatable bonds is 4. The zero-order valence-corrected chi connectivity index (χ0v) is 17.5. The molecule has 0 amide bonds. The molecule has 0 spiro atoms. The summed E-state index contributed by atoms with van der Waals surface area (Å²) in [7, 11) is 0.594. The third-order valence-corrected chi connectivity index (χ3v) is 10.7. The van der Waals surface area contributed by atoms with Crippen LogP contribution in [0.25, 0.3) is 0 Å². The van der Waals surface area contributed by atoms with Crippen molar-refractivity contribution in [3.05, 3.63) is 34.9 Å². The van der Waals surface area contributed by atoms with Gasteiger partial charge in [0, 0.05) is 5.57 Å². The van der Waals surface area contributed by atoms with Gasteiger partial charge in [0.25, 0.3) is 0 Å². The van der Waals surface area contributed by atoms with Crippen molar-refractivity contribution in [3.8, 4) is 0 Å². The predicted molar refractivity (Wildman–Crippen MR) is 113 cm³/mol. The maximum atomic E-state index is 2.64. The molecule has 0 radical (unpaired) electrons. The maximum Gasteiger partial charge on any atom is 0.148 e. The number of hydrogen-bond acceptors (Lipinski definition) is 0. The highest BCUT2D eigenvalue weighted by Crippen LogP contribution is 2.49. The van der Waals surface area contributed by atoms with Crippen LogP contribution < -0.4 is 0 Å². The van der Waals surface area contributed by atoms with Crippen LogP contribution in [0.5, 0.6) is 0 Å². The number of allylic oxidation sites excluding steroid dienone is 5. The number of hydrogen-bond donors (Lipinski definition) is 0. The summed E-state index contributed by atoms with van der Waals surface area (Å²) in [5.41, 5.74) is 5.56. The molecule has 4 aliphatic rings. The summed E-state index contributed by atoms with van der Waals surface area (Å²) in [5, 5.41) is 0. The molecule has 1 aliphatic heterocycles. The molecule has 0 aromatic carbocycles. The summed E-state index contributed by atoms with van der Waals surface area (Å²) >= 11 is 0. The van der Waals surface area contributed by atoms with E-state index in [-0.39, 0.29) is 0 Å². The molecule has 3 aliphatic carbocycles. The van der Waals surface area contributed by atoms with E-state index in [0.717, 1.165) is 5.92 Å². The normalized spacial score (nSPS) is 31.3.